The van der Waals surface area contributed by atoms with Crippen LogP contribution in [0, 0.1) is 23.7 Å². The van der Waals surface area contributed by atoms with Crippen molar-refractivity contribution in [2.75, 3.05) is 29.0 Å². The molecule has 2 bridgehead atoms. The molecule has 6 rings (SSSR count). The molecule has 2 fully saturated rings. The summed E-state index contributed by atoms with van der Waals surface area (Å²) in [5.41, 5.74) is 5.58. The van der Waals surface area contributed by atoms with E-state index in [1.54, 1.807) is 0 Å². The Kier molecular flexibility index (Phi) is 10.6. The van der Waals surface area contributed by atoms with Crippen LogP contribution in [0.1, 0.15) is 71.0 Å². The molecule has 0 radical (unpaired) electrons. The van der Waals surface area contributed by atoms with Gasteiger partial charge < -0.3 is 31.7 Å². The fraction of sp³-hybridized carbons (Fsp3) is 0.400. The van der Waals surface area contributed by atoms with Crippen LogP contribution in [0.25, 0.3) is 0 Å². The Morgan fingerprint density at radius 2 is 1.85 bits per heavy atom. The van der Waals surface area contributed by atoms with E-state index in [1.165, 1.54) is 23.2 Å². The van der Waals surface area contributed by atoms with Gasteiger partial charge >= 0.3 is 6.36 Å². The average Bonchev–Trinajstić information content (AvgIpc) is 3.52. The van der Waals surface area contributed by atoms with Crippen LogP contribution in [0.2, 0.25) is 0 Å². The Morgan fingerprint density at radius 1 is 1.08 bits per heavy atom. The van der Waals surface area contributed by atoms with E-state index in [1.807, 2.05) is 5.94 Å². The zero-order valence-electron chi connectivity index (χ0n) is 27.8. The number of anilines is 3. The number of primary amides is 1. The molecule has 17 heteroatoms. The number of nitrogens with two attached hydrogens (primary N) is 1. The number of ether oxygens (including phenoxy) is 1. The van der Waals surface area contributed by atoms with E-state index >= 15 is 0 Å². The highest BCUT2D eigenvalue weighted by molar-refractivity contribution is 6.13. The molecule has 3 atom stereocenters. The third kappa shape index (κ3) is 8.96. The van der Waals surface area contributed by atoms with Gasteiger partial charge in [-0.3, -0.25) is 14.4 Å². The van der Waals surface area contributed by atoms with E-state index in [0.29, 0.717) is 54.9 Å². The second kappa shape index (κ2) is 15.3. The quantitative estimate of drug-likeness (QED) is 0.0452. The van der Waals surface area contributed by atoms with Crippen molar-refractivity contribution in [1.82, 2.24) is 20.1 Å². The van der Waals surface area contributed by atoms with Crippen molar-refractivity contribution in [3.05, 3.63) is 77.1 Å². The maximum absolute atomic E-state index is 14.8. The summed E-state index contributed by atoms with van der Waals surface area (Å²) in [5, 5.41) is 15.6. The Balaban J connectivity index is 1.07. The number of nitrogens with one attached hydrogen (secondary N) is 4. The minimum absolute atomic E-state index is 0.00487. The number of allylic oxidation sites excluding steroid dienone is 3. The first-order chi connectivity index (χ1) is 24.9. The minimum atomic E-state index is -4.86. The van der Waals surface area contributed by atoms with Crippen molar-refractivity contribution in [3.8, 4) is 5.75 Å². The molecule has 0 aliphatic heterocycles. The highest BCUT2D eigenvalue weighted by Crippen LogP contribution is 2.43. The van der Waals surface area contributed by atoms with Gasteiger partial charge in [0.15, 0.2) is 5.69 Å². The van der Waals surface area contributed by atoms with Gasteiger partial charge in [0.1, 0.15) is 23.1 Å². The van der Waals surface area contributed by atoms with Gasteiger partial charge in [-0.05, 0) is 80.0 Å². The first-order valence-electron chi connectivity index (χ1n) is 16.8. The van der Waals surface area contributed by atoms with Crippen LogP contribution in [0.15, 0.2) is 54.4 Å². The number of hydrogen-bond donors (Lipinski definition) is 5. The van der Waals surface area contributed by atoms with Crippen molar-refractivity contribution in [1.29, 1.82) is 0 Å². The molecule has 3 amide bonds. The maximum atomic E-state index is 14.8. The monoisotopic (exact) mass is 724 g/mol. The van der Waals surface area contributed by atoms with Gasteiger partial charge in [-0.2, -0.15) is 9.49 Å². The van der Waals surface area contributed by atoms with E-state index in [9.17, 15) is 36.7 Å². The van der Waals surface area contributed by atoms with Gasteiger partial charge in [0.2, 0.25) is 11.9 Å². The van der Waals surface area contributed by atoms with Crippen LogP contribution in [0.5, 0.6) is 5.75 Å². The minimum Gasteiger partial charge on any atom is -0.406 e. The van der Waals surface area contributed by atoms with E-state index < -0.39 is 41.5 Å². The molecule has 3 aromatic rings. The topological polar surface area (TPSA) is 182 Å². The Labute approximate surface area is 295 Å². The van der Waals surface area contributed by atoms with Gasteiger partial charge in [0.25, 0.3) is 11.8 Å². The lowest BCUT2D eigenvalue weighted by atomic mass is 9.93. The second-order valence-electron chi connectivity index (χ2n) is 13.1. The molecule has 1 aromatic carbocycles. The van der Waals surface area contributed by atoms with E-state index in [2.05, 4.69) is 48.2 Å². The van der Waals surface area contributed by atoms with Crippen LogP contribution < -0.4 is 31.7 Å². The number of halogens is 4. The molecule has 2 heterocycles. The number of fused-ring (bicyclic) bond motifs is 2. The predicted molar refractivity (Wildman–Crippen MR) is 180 cm³/mol. The summed E-state index contributed by atoms with van der Waals surface area (Å²) in [6, 6.07) is 5.71. The summed E-state index contributed by atoms with van der Waals surface area (Å²) in [5.74, 6) is -0.146. The largest absolute Gasteiger partial charge is 0.573 e. The second-order valence-corrected chi connectivity index (χ2v) is 13.1. The number of pyridine rings is 1. The summed E-state index contributed by atoms with van der Waals surface area (Å²) in [6.07, 6.45) is 5.11. The lowest BCUT2D eigenvalue weighted by Gasteiger charge is -2.19. The van der Waals surface area contributed by atoms with E-state index in [4.69, 9.17) is 5.73 Å². The van der Waals surface area contributed by atoms with Gasteiger partial charge in [-0.15, -0.1) is 13.2 Å². The molecule has 3 aliphatic rings. The summed E-state index contributed by atoms with van der Waals surface area (Å²) < 4.78 is 57.3. The number of amides is 3. The fourth-order valence-electron chi connectivity index (χ4n) is 6.60. The number of rotatable bonds is 16. The molecule has 2 aromatic heterocycles. The number of nitrogens with zero attached hydrogens (tertiary/aromatic N) is 3. The summed E-state index contributed by atoms with van der Waals surface area (Å²) in [7, 11) is 0. The lowest BCUT2D eigenvalue weighted by molar-refractivity contribution is -0.274. The smallest absolute Gasteiger partial charge is 0.406 e. The van der Waals surface area contributed by atoms with Gasteiger partial charge in [0.05, 0.1) is 35.7 Å². The molecule has 0 spiro atoms. The normalized spacial score (nSPS) is 18.8. The zero-order valence-corrected chi connectivity index (χ0v) is 27.8. The van der Waals surface area contributed by atoms with E-state index in [-0.39, 0.29) is 35.2 Å². The summed E-state index contributed by atoms with van der Waals surface area (Å²) in [6.45, 7) is 1.02. The standard InChI is InChI=1S/C35H36F4N8O5/c36-31-27(15-24(17-43-31)44-28(49)14-19-4-9-26(10-5-19)52-35(37,38)39)45-34(51)30-29(32(40)50)33(47(46-30)25-7-8-25)41-11-1-2-23(18-48)42-16-22-13-20-3-6-21(22)12-20/h3-6,9-10,15,17,20-22,25,41-42H,1-2,7-8,11-14,16H2,(H2,40,50)(H,44,49)(H,45,51). The molecule has 0 saturated heterocycles. The van der Waals surface area contributed by atoms with Crippen LogP contribution >= 0.6 is 0 Å². The number of aromatic nitrogens is 3. The predicted octanol–water partition coefficient (Wildman–Crippen LogP) is 4.89. The van der Waals surface area contributed by atoms with Crippen molar-refractivity contribution < 1.29 is 41.5 Å². The maximum Gasteiger partial charge on any atom is 0.573 e. The molecule has 274 valence electrons. The molecular formula is C35H36F4N8O5. The van der Waals surface area contributed by atoms with Crippen LogP contribution in [0.4, 0.5) is 34.8 Å². The van der Waals surface area contributed by atoms with Crippen LogP contribution in [0.3, 0.4) is 0 Å². The molecular weight excluding hydrogens is 688 g/mol. The highest BCUT2D eigenvalue weighted by atomic mass is 19.4. The van der Waals surface area contributed by atoms with Crippen LogP contribution in [-0.2, 0) is 16.0 Å². The van der Waals surface area contributed by atoms with E-state index in [0.717, 1.165) is 43.7 Å². The highest BCUT2D eigenvalue weighted by Gasteiger charge is 2.36. The summed E-state index contributed by atoms with van der Waals surface area (Å²) >= 11 is 0. The fourth-order valence-corrected chi connectivity index (χ4v) is 6.60. The molecule has 3 aliphatic carbocycles. The van der Waals surface area contributed by atoms with Gasteiger partial charge in [-0.1, -0.05) is 24.3 Å². The zero-order chi connectivity index (χ0) is 37.0. The van der Waals surface area contributed by atoms with Crippen molar-refractivity contribution >= 4 is 40.9 Å². The Morgan fingerprint density at radius 3 is 2.48 bits per heavy atom. The molecule has 52 heavy (non-hydrogen) atoms. The van der Waals surface area contributed by atoms with Gasteiger partial charge in [0, 0.05) is 13.1 Å². The number of carbonyl (C=O) groups excluding carboxylic acids is 4. The molecule has 13 nitrogen and oxygen atoms in total. The third-order valence-corrected chi connectivity index (χ3v) is 9.17. The number of alkyl halides is 3. The van der Waals surface area contributed by atoms with Crippen LogP contribution in [-0.4, -0.2) is 57.9 Å². The first-order valence-corrected chi connectivity index (χ1v) is 16.8. The summed E-state index contributed by atoms with van der Waals surface area (Å²) in [4.78, 5) is 53.9. The number of carbonyl (C=O) groups is 3. The average molecular weight is 725 g/mol. The van der Waals surface area contributed by atoms with Crippen molar-refractivity contribution in [2.24, 2.45) is 23.5 Å². The molecule has 6 N–H and O–H groups in total. The molecule has 3 unspecified atom stereocenters. The first kappa shape index (κ1) is 36.1. The number of hydrogen-bond acceptors (Lipinski definition) is 9. The lowest BCUT2D eigenvalue weighted by Crippen LogP contribution is -2.25. The number of benzene rings is 1. The Hall–Kier alpha value is -5.70. The van der Waals surface area contributed by atoms with Crippen molar-refractivity contribution in [3.63, 3.8) is 0 Å². The van der Waals surface area contributed by atoms with Gasteiger partial charge in [-0.25, -0.2) is 14.5 Å². The SMILES string of the molecule is NC(=O)c1c(C(=O)Nc2cc(NC(=O)Cc3ccc(OC(F)(F)F)cc3)cnc2F)nn(C2CC2)c1NCCCC(=C=O)NCC1CC2C=CC1C2. The Bertz CT molecular complexity index is 1920. The van der Waals surface area contributed by atoms with Crippen molar-refractivity contribution in [2.45, 2.75) is 57.3 Å². The molecule has 2 saturated carbocycles. The third-order valence-electron chi connectivity index (χ3n) is 9.17.